The van der Waals surface area contributed by atoms with Crippen molar-refractivity contribution < 1.29 is 14.0 Å². The third-order valence-electron chi connectivity index (χ3n) is 4.23. The number of aromatic nitrogens is 2. The molecule has 0 aliphatic carbocycles. The molecular weight excluding hydrogens is 367 g/mol. The van der Waals surface area contributed by atoms with Crippen LogP contribution in [-0.4, -0.2) is 34.2 Å². The number of carbonyl (C=O) groups excluding carboxylic acids is 2. The van der Waals surface area contributed by atoms with Gasteiger partial charge in [-0.25, -0.2) is 9.37 Å². The molecule has 6 nitrogen and oxygen atoms in total. The largest absolute Gasteiger partial charge is 0.323 e. The lowest BCUT2D eigenvalue weighted by atomic mass is 10.2. The molecule has 0 spiro atoms. The lowest BCUT2D eigenvalue weighted by Gasteiger charge is -2.29. The number of fused-ring (bicyclic) bond motifs is 1. The monoisotopic (exact) mass is 382 g/mol. The molecule has 2 heterocycles. The first kappa shape index (κ1) is 17.3. The summed E-state index contributed by atoms with van der Waals surface area (Å²) >= 11 is 1.37. The molecule has 1 N–H and O–H groups in total. The van der Waals surface area contributed by atoms with E-state index in [1.165, 1.54) is 35.0 Å². The number of thioether (sulfide) groups is 1. The molecule has 1 aliphatic rings. The van der Waals surface area contributed by atoms with Gasteiger partial charge in [-0.15, -0.1) is 0 Å². The molecule has 1 aliphatic heterocycles. The third-order valence-corrected chi connectivity index (χ3v) is 4.88. The lowest BCUT2D eigenvalue weighted by molar-refractivity contribution is -0.115. The zero-order valence-electron chi connectivity index (χ0n) is 14.3. The zero-order chi connectivity index (χ0) is 19.0. The van der Waals surface area contributed by atoms with E-state index in [2.05, 4.69) is 10.3 Å². The molecule has 0 saturated carbocycles. The molecule has 1 aromatic heterocycles. The minimum absolute atomic E-state index is 0.0843. The van der Waals surface area contributed by atoms with Gasteiger partial charge < -0.3 is 5.32 Å². The van der Waals surface area contributed by atoms with Gasteiger partial charge in [-0.3, -0.25) is 19.1 Å². The minimum Gasteiger partial charge on any atom is -0.323 e. The second kappa shape index (κ2) is 6.88. The van der Waals surface area contributed by atoms with Gasteiger partial charge in [0.1, 0.15) is 18.1 Å². The summed E-state index contributed by atoms with van der Waals surface area (Å²) in [4.78, 5) is 31.1. The summed E-state index contributed by atoms with van der Waals surface area (Å²) in [5, 5.41) is 3.36. The third kappa shape index (κ3) is 3.08. The number of anilines is 2. The number of carbonyl (C=O) groups is 2. The summed E-state index contributed by atoms with van der Waals surface area (Å²) in [6, 6.07) is 13.0. The molecule has 8 heteroatoms. The minimum atomic E-state index is -0.362. The van der Waals surface area contributed by atoms with Crippen LogP contribution in [0.3, 0.4) is 0 Å². The number of nitrogens with one attached hydrogen (secondary N) is 1. The summed E-state index contributed by atoms with van der Waals surface area (Å²) in [5.41, 5.74) is 2.13. The van der Waals surface area contributed by atoms with E-state index in [-0.39, 0.29) is 24.2 Å². The first-order valence-electron chi connectivity index (χ1n) is 8.17. The van der Waals surface area contributed by atoms with E-state index in [0.717, 1.165) is 0 Å². The Hall–Kier alpha value is -3.13. The Bertz CT molecular complexity index is 1030. The summed E-state index contributed by atoms with van der Waals surface area (Å²) in [6.07, 6.45) is 3.33. The highest BCUT2D eigenvalue weighted by atomic mass is 32.2. The van der Waals surface area contributed by atoms with E-state index in [1.807, 2.05) is 6.26 Å². The quantitative estimate of drug-likeness (QED) is 0.706. The molecule has 0 atom stereocenters. The van der Waals surface area contributed by atoms with Crippen LogP contribution in [0.5, 0.6) is 0 Å². The highest BCUT2D eigenvalue weighted by molar-refractivity contribution is 7.98. The predicted molar refractivity (Wildman–Crippen MR) is 102 cm³/mol. The van der Waals surface area contributed by atoms with E-state index < -0.39 is 0 Å². The summed E-state index contributed by atoms with van der Waals surface area (Å²) in [5.74, 6) is -0.978. The number of amides is 2. The molecule has 0 saturated heterocycles. The van der Waals surface area contributed by atoms with Gasteiger partial charge >= 0.3 is 0 Å². The maximum atomic E-state index is 13.3. The van der Waals surface area contributed by atoms with Crippen molar-refractivity contribution in [3.63, 3.8) is 0 Å². The Morgan fingerprint density at radius 2 is 1.93 bits per heavy atom. The Balaban J connectivity index is 1.81. The maximum Gasteiger partial charge on any atom is 0.277 e. The van der Waals surface area contributed by atoms with Crippen molar-refractivity contribution in [3.8, 4) is 5.69 Å². The van der Waals surface area contributed by atoms with Crippen molar-refractivity contribution in [1.29, 1.82) is 0 Å². The van der Waals surface area contributed by atoms with Crippen LogP contribution in [0.25, 0.3) is 5.69 Å². The van der Waals surface area contributed by atoms with Crippen LogP contribution in [0.4, 0.5) is 15.8 Å². The molecule has 2 amide bonds. The fourth-order valence-electron chi connectivity index (χ4n) is 3.02. The molecule has 0 radical (unpaired) electrons. The van der Waals surface area contributed by atoms with Crippen molar-refractivity contribution in [1.82, 2.24) is 9.55 Å². The van der Waals surface area contributed by atoms with Crippen molar-refractivity contribution >= 4 is 35.0 Å². The number of hydrogen-bond acceptors (Lipinski definition) is 4. The summed E-state index contributed by atoms with van der Waals surface area (Å²) < 4.78 is 15.0. The number of hydrogen-bond donors (Lipinski definition) is 1. The molecule has 2 aromatic carbocycles. The van der Waals surface area contributed by atoms with Crippen molar-refractivity contribution in [2.45, 2.75) is 5.16 Å². The van der Waals surface area contributed by atoms with Crippen LogP contribution in [0.15, 0.2) is 59.9 Å². The summed E-state index contributed by atoms with van der Waals surface area (Å²) in [7, 11) is 0. The van der Waals surface area contributed by atoms with Gasteiger partial charge in [-0.1, -0.05) is 23.9 Å². The van der Waals surface area contributed by atoms with E-state index in [1.54, 1.807) is 41.0 Å². The average molecular weight is 382 g/mol. The average Bonchev–Trinajstić information content (AvgIpc) is 3.11. The fraction of sp³-hybridized carbons (Fsp3) is 0.105. The molecule has 0 unspecified atom stereocenters. The van der Waals surface area contributed by atoms with Gasteiger partial charge in [0.25, 0.3) is 5.91 Å². The van der Waals surface area contributed by atoms with Gasteiger partial charge in [0, 0.05) is 5.69 Å². The number of nitrogens with zero attached hydrogens (tertiary/aromatic N) is 3. The van der Waals surface area contributed by atoms with Gasteiger partial charge in [-0.2, -0.15) is 0 Å². The second-order valence-corrected chi connectivity index (χ2v) is 6.67. The maximum absolute atomic E-state index is 13.3. The fourth-order valence-corrected chi connectivity index (χ4v) is 3.57. The standard InChI is InChI=1S/C19H15FN4O2S/c1-27-19-21-10-16(24(19)13-8-6-12(20)7-9-13)18(26)23-11-17(25)22-14-4-2-3-5-15(14)23/h2-10H,11H2,1H3,(H,22,25). The van der Waals surface area contributed by atoms with E-state index in [0.29, 0.717) is 27.9 Å². The Morgan fingerprint density at radius 3 is 2.67 bits per heavy atom. The molecule has 4 rings (SSSR count). The van der Waals surface area contributed by atoms with Crippen molar-refractivity contribution in [2.75, 3.05) is 23.0 Å². The van der Waals surface area contributed by atoms with Gasteiger partial charge in [0.05, 0.1) is 17.6 Å². The lowest BCUT2D eigenvalue weighted by Crippen LogP contribution is -2.42. The predicted octanol–water partition coefficient (Wildman–Crippen LogP) is 3.33. The molecule has 136 valence electrons. The SMILES string of the molecule is CSc1ncc(C(=O)N2CC(=O)Nc3ccccc32)n1-c1ccc(F)cc1. The van der Waals surface area contributed by atoms with Gasteiger partial charge in [0.2, 0.25) is 5.91 Å². The summed E-state index contributed by atoms with van der Waals surface area (Å²) in [6.45, 7) is -0.0843. The topological polar surface area (TPSA) is 67.2 Å². The molecular formula is C19H15FN4O2S. The van der Waals surface area contributed by atoms with Gasteiger partial charge in [0.15, 0.2) is 5.16 Å². The van der Waals surface area contributed by atoms with Crippen molar-refractivity contribution in [2.24, 2.45) is 0 Å². The highest BCUT2D eigenvalue weighted by Gasteiger charge is 2.30. The number of para-hydroxylation sites is 2. The van der Waals surface area contributed by atoms with Crippen LogP contribution in [-0.2, 0) is 4.79 Å². The molecule has 27 heavy (non-hydrogen) atoms. The first-order valence-corrected chi connectivity index (χ1v) is 9.39. The number of benzene rings is 2. The number of rotatable bonds is 3. The van der Waals surface area contributed by atoms with Crippen LogP contribution < -0.4 is 10.2 Å². The van der Waals surface area contributed by atoms with Crippen LogP contribution in [0, 0.1) is 5.82 Å². The Kier molecular flexibility index (Phi) is 4.41. The van der Waals surface area contributed by atoms with Crippen LogP contribution in [0.2, 0.25) is 0 Å². The van der Waals surface area contributed by atoms with E-state index in [9.17, 15) is 14.0 Å². The van der Waals surface area contributed by atoms with E-state index >= 15 is 0 Å². The zero-order valence-corrected chi connectivity index (χ0v) is 15.2. The first-order chi connectivity index (χ1) is 13.1. The smallest absolute Gasteiger partial charge is 0.277 e. The molecule has 3 aromatic rings. The number of halogens is 1. The van der Waals surface area contributed by atoms with Crippen molar-refractivity contribution in [3.05, 3.63) is 66.2 Å². The Morgan fingerprint density at radius 1 is 1.19 bits per heavy atom. The second-order valence-electron chi connectivity index (χ2n) is 5.90. The number of imidazole rings is 1. The molecule has 0 bridgehead atoms. The van der Waals surface area contributed by atoms with Crippen LogP contribution >= 0.6 is 11.8 Å². The normalized spacial score (nSPS) is 13.3. The highest BCUT2D eigenvalue weighted by Crippen LogP contribution is 2.31. The van der Waals surface area contributed by atoms with E-state index in [4.69, 9.17) is 0 Å². The molecule has 0 fully saturated rings. The van der Waals surface area contributed by atoms with Crippen LogP contribution in [0.1, 0.15) is 10.5 Å². The van der Waals surface area contributed by atoms with Gasteiger partial charge in [-0.05, 0) is 42.7 Å². The Labute approximate surface area is 159 Å².